The van der Waals surface area contributed by atoms with E-state index in [0.717, 1.165) is 17.1 Å². The maximum Gasteiger partial charge on any atom is 0.230 e. The zero-order valence-electron chi connectivity index (χ0n) is 15.0. The van der Waals surface area contributed by atoms with Crippen LogP contribution >= 0.6 is 23.4 Å². The van der Waals surface area contributed by atoms with Gasteiger partial charge in [0, 0.05) is 23.7 Å². The van der Waals surface area contributed by atoms with Gasteiger partial charge in [-0.15, -0.1) is 10.2 Å². The summed E-state index contributed by atoms with van der Waals surface area (Å²) in [6.45, 7) is 0.346. The van der Waals surface area contributed by atoms with E-state index in [1.165, 1.54) is 11.8 Å². The summed E-state index contributed by atoms with van der Waals surface area (Å²) < 4.78 is 1.94. The van der Waals surface area contributed by atoms with Gasteiger partial charge in [-0.1, -0.05) is 53.7 Å². The fourth-order valence-corrected chi connectivity index (χ4v) is 3.50. The van der Waals surface area contributed by atoms with Crippen LogP contribution in [-0.2, 0) is 11.2 Å². The van der Waals surface area contributed by atoms with Gasteiger partial charge < -0.3 is 5.32 Å². The number of carbonyl (C=O) groups is 1. The normalized spacial score (nSPS) is 10.4. The molecule has 0 saturated heterocycles. The van der Waals surface area contributed by atoms with Crippen molar-refractivity contribution < 1.29 is 4.79 Å². The second-order valence-electron chi connectivity index (χ2n) is 5.92. The van der Waals surface area contributed by atoms with Gasteiger partial charge in [0.2, 0.25) is 5.91 Å². The Morgan fingerprint density at radius 3 is 2.61 bits per heavy atom. The number of nitrogens with zero attached hydrogens (tertiary/aromatic N) is 4. The first-order valence-electron chi connectivity index (χ1n) is 8.68. The van der Waals surface area contributed by atoms with E-state index in [-0.39, 0.29) is 11.7 Å². The molecular weight excluding hydrogens is 394 g/mol. The third-order valence-corrected chi connectivity index (χ3v) is 5.06. The molecule has 0 atom stereocenters. The summed E-state index contributed by atoms with van der Waals surface area (Å²) in [6, 6.07) is 19.4. The van der Waals surface area contributed by atoms with Crippen molar-refractivity contribution in [3.63, 3.8) is 0 Å². The molecule has 0 spiro atoms. The molecule has 0 saturated carbocycles. The van der Waals surface area contributed by atoms with E-state index in [9.17, 15) is 4.79 Å². The predicted molar refractivity (Wildman–Crippen MR) is 110 cm³/mol. The van der Waals surface area contributed by atoms with Gasteiger partial charge in [0.1, 0.15) is 5.82 Å². The van der Waals surface area contributed by atoms with Gasteiger partial charge in [-0.05, 0) is 29.8 Å². The number of nitrogens with one attached hydrogen (secondary N) is 1. The molecule has 0 bridgehead atoms. The van der Waals surface area contributed by atoms with Gasteiger partial charge in [0.05, 0.1) is 18.2 Å². The van der Waals surface area contributed by atoms with Crippen LogP contribution in [0, 0.1) is 11.3 Å². The number of thioether (sulfide) groups is 1. The Morgan fingerprint density at radius 1 is 1.14 bits per heavy atom. The molecule has 0 aliphatic carbocycles. The topological polar surface area (TPSA) is 83.6 Å². The first-order valence-corrected chi connectivity index (χ1v) is 10.0. The minimum atomic E-state index is -0.143. The Labute approximate surface area is 172 Å². The van der Waals surface area contributed by atoms with E-state index in [1.807, 2.05) is 65.2 Å². The smallest absolute Gasteiger partial charge is 0.230 e. The minimum Gasteiger partial charge on any atom is -0.354 e. The van der Waals surface area contributed by atoms with Gasteiger partial charge in [-0.2, -0.15) is 5.26 Å². The van der Waals surface area contributed by atoms with Crippen molar-refractivity contribution in [3.8, 4) is 11.8 Å². The summed E-state index contributed by atoms with van der Waals surface area (Å²) in [4.78, 5) is 12.0. The van der Waals surface area contributed by atoms with Gasteiger partial charge in [-0.25, -0.2) is 0 Å². The second-order valence-corrected chi connectivity index (χ2v) is 7.30. The average Bonchev–Trinajstić information content (AvgIpc) is 3.10. The fraction of sp³-hybridized carbons (Fsp3) is 0.200. The highest BCUT2D eigenvalue weighted by molar-refractivity contribution is 7.99. The lowest BCUT2D eigenvalue weighted by Crippen LogP contribution is -2.26. The number of hydrogen-bond donors (Lipinski definition) is 1. The number of carbonyl (C=O) groups excluding carboxylic acids is 1. The number of amides is 1. The van der Waals surface area contributed by atoms with E-state index in [0.29, 0.717) is 29.6 Å². The molecule has 2 aromatic carbocycles. The first-order chi connectivity index (χ1) is 13.7. The summed E-state index contributed by atoms with van der Waals surface area (Å²) in [6.07, 6.45) is 0.907. The first kappa shape index (κ1) is 19.9. The van der Waals surface area contributed by atoms with E-state index in [4.69, 9.17) is 16.9 Å². The maximum absolute atomic E-state index is 12.0. The fourth-order valence-electron chi connectivity index (χ4n) is 2.58. The highest BCUT2D eigenvalue weighted by Crippen LogP contribution is 2.24. The number of halogens is 1. The summed E-state index contributed by atoms with van der Waals surface area (Å²) in [5.74, 6) is 0.832. The third-order valence-electron chi connectivity index (χ3n) is 3.88. The molecule has 0 fully saturated rings. The molecular formula is C20H18ClN5OS. The van der Waals surface area contributed by atoms with Crippen molar-refractivity contribution in [1.82, 2.24) is 20.1 Å². The molecule has 1 amide bonds. The number of hydrogen-bond acceptors (Lipinski definition) is 5. The molecule has 3 aromatic rings. The molecule has 6 nitrogen and oxygen atoms in total. The summed E-state index contributed by atoms with van der Waals surface area (Å²) in [7, 11) is 0. The van der Waals surface area contributed by atoms with Crippen molar-refractivity contribution in [2.75, 3.05) is 12.3 Å². The summed E-state index contributed by atoms with van der Waals surface area (Å²) in [5, 5.41) is 21.2. The van der Waals surface area contributed by atoms with Crippen LogP contribution in [0.5, 0.6) is 0 Å². The molecule has 1 aromatic heterocycles. The largest absolute Gasteiger partial charge is 0.354 e. The zero-order chi connectivity index (χ0) is 19.8. The van der Waals surface area contributed by atoms with Crippen molar-refractivity contribution in [1.29, 1.82) is 5.26 Å². The Bertz CT molecular complexity index is 967. The van der Waals surface area contributed by atoms with Crippen LogP contribution < -0.4 is 5.32 Å². The van der Waals surface area contributed by atoms with Crippen LogP contribution in [-0.4, -0.2) is 33.0 Å². The minimum absolute atomic E-state index is 0.143. The standard InChI is InChI=1S/C20H18ClN5OS/c21-16-7-9-17(10-8-16)26-18(13-15-5-2-1-3-6-15)24-25-20(26)28-14-19(27)23-12-4-11-22/h1-3,5-10H,4,12-14H2,(H,23,27). The Kier molecular flexibility index (Phi) is 7.06. The average molecular weight is 412 g/mol. The van der Waals surface area contributed by atoms with Gasteiger partial charge >= 0.3 is 0 Å². The molecule has 1 heterocycles. The summed E-state index contributed by atoms with van der Waals surface area (Å²) in [5.41, 5.74) is 2.00. The Balaban J connectivity index is 1.82. The SMILES string of the molecule is N#CCCNC(=O)CSc1nnc(Cc2ccccc2)n1-c1ccc(Cl)cc1. The van der Waals surface area contributed by atoms with Crippen LogP contribution in [0.15, 0.2) is 59.8 Å². The molecule has 0 aliphatic heterocycles. The Hall–Kier alpha value is -2.82. The quantitative estimate of drug-likeness (QED) is 0.452. The van der Waals surface area contributed by atoms with Gasteiger partial charge in [0.15, 0.2) is 5.16 Å². The van der Waals surface area contributed by atoms with Gasteiger partial charge in [-0.3, -0.25) is 9.36 Å². The van der Waals surface area contributed by atoms with Gasteiger partial charge in [0.25, 0.3) is 0 Å². The van der Waals surface area contributed by atoms with Crippen molar-refractivity contribution in [2.24, 2.45) is 0 Å². The number of rotatable bonds is 8. The van der Waals surface area contributed by atoms with E-state index in [2.05, 4.69) is 15.5 Å². The van der Waals surface area contributed by atoms with E-state index < -0.39 is 0 Å². The number of aromatic nitrogens is 3. The lowest BCUT2D eigenvalue weighted by atomic mass is 10.1. The molecule has 3 rings (SSSR count). The van der Waals surface area contributed by atoms with E-state index in [1.54, 1.807) is 0 Å². The van der Waals surface area contributed by atoms with E-state index >= 15 is 0 Å². The van der Waals surface area contributed by atoms with Crippen LogP contribution in [0.1, 0.15) is 17.8 Å². The van der Waals surface area contributed by atoms with Crippen LogP contribution in [0.4, 0.5) is 0 Å². The Morgan fingerprint density at radius 2 is 1.89 bits per heavy atom. The highest BCUT2D eigenvalue weighted by Gasteiger charge is 2.16. The molecule has 0 unspecified atom stereocenters. The molecule has 0 aliphatic rings. The molecule has 8 heteroatoms. The van der Waals surface area contributed by atoms with Crippen LogP contribution in [0.2, 0.25) is 5.02 Å². The molecule has 0 radical (unpaired) electrons. The van der Waals surface area contributed by atoms with Crippen molar-refractivity contribution >= 4 is 29.3 Å². The molecule has 28 heavy (non-hydrogen) atoms. The van der Waals surface area contributed by atoms with Crippen LogP contribution in [0.3, 0.4) is 0 Å². The third kappa shape index (κ3) is 5.35. The maximum atomic E-state index is 12.0. The predicted octanol–water partition coefficient (Wildman–Crippen LogP) is 3.63. The molecule has 1 N–H and O–H groups in total. The highest BCUT2D eigenvalue weighted by atomic mass is 35.5. The van der Waals surface area contributed by atoms with Crippen molar-refractivity contribution in [3.05, 3.63) is 71.0 Å². The molecule has 142 valence electrons. The monoisotopic (exact) mass is 411 g/mol. The van der Waals surface area contributed by atoms with Crippen molar-refractivity contribution in [2.45, 2.75) is 18.0 Å². The second kappa shape index (κ2) is 9.93. The lowest BCUT2D eigenvalue weighted by molar-refractivity contribution is -0.118. The number of benzene rings is 2. The summed E-state index contributed by atoms with van der Waals surface area (Å²) >= 11 is 7.33. The van der Waals surface area contributed by atoms with Crippen LogP contribution in [0.25, 0.3) is 5.69 Å². The number of nitriles is 1. The lowest BCUT2D eigenvalue weighted by Gasteiger charge is -2.10. The zero-order valence-corrected chi connectivity index (χ0v) is 16.6.